The summed E-state index contributed by atoms with van der Waals surface area (Å²) in [4.78, 5) is 14.5. The molecule has 0 bridgehead atoms. The van der Waals surface area contributed by atoms with Gasteiger partial charge in [-0.3, -0.25) is 10.4 Å². The number of aromatic nitrogens is 2. The molecule has 3 aromatic rings. The molecule has 0 spiro atoms. The normalized spacial score (nSPS) is 12.7. The number of carbonyl (C=O) groups is 1. The summed E-state index contributed by atoms with van der Waals surface area (Å²) in [6.07, 6.45) is 0. The zero-order valence-corrected chi connectivity index (χ0v) is 20.4. The van der Waals surface area contributed by atoms with E-state index in [1.807, 2.05) is 48.5 Å². The Labute approximate surface area is 205 Å². The van der Waals surface area contributed by atoms with Gasteiger partial charge >= 0.3 is 6.03 Å². The summed E-state index contributed by atoms with van der Waals surface area (Å²) in [5.74, 6) is 1.27. The van der Waals surface area contributed by atoms with Gasteiger partial charge in [0.05, 0.1) is 31.3 Å². The first-order valence-corrected chi connectivity index (χ1v) is 11.6. The van der Waals surface area contributed by atoms with E-state index in [1.165, 1.54) is 0 Å². The molecule has 0 saturated heterocycles. The van der Waals surface area contributed by atoms with E-state index in [0.29, 0.717) is 44.5 Å². The Kier molecular flexibility index (Phi) is 7.42. The molecule has 35 heavy (non-hydrogen) atoms. The molecule has 0 unspecified atom stereocenters. The molecule has 2 heterocycles. The Morgan fingerprint density at radius 3 is 2.60 bits per heavy atom. The Morgan fingerprint density at radius 2 is 1.89 bits per heavy atom. The third-order valence-electron chi connectivity index (χ3n) is 5.51. The Balaban J connectivity index is 1.32. The Bertz CT molecular complexity index is 1140. The molecule has 0 radical (unpaired) electrons. The van der Waals surface area contributed by atoms with Gasteiger partial charge in [-0.1, -0.05) is 20.8 Å². The molecule has 0 atom stereocenters. The van der Waals surface area contributed by atoms with E-state index in [9.17, 15) is 4.79 Å². The third kappa shape index (κ3) is 6.23. The van der Waals surface area contributed by atoms with Crippen molar-refractivity contribution in [2.75, 3.05) is 53.9 Å². The van der Waals surface area contributed by atoms with Crippen LogP contribution in [0.1, 0.15) is 26.5 Å². The van der Waals surface area contributed by atoms with Crippen LogP contribution < -0.4 is 31.3 Å². The number of benzene rings is 2. The van der Waals surface area contributed by atoms with Crippen LogP contribution in [-0.2, 0) is 10.2 Å². The van der Waals surface area contributed by atoms with Gasteiger partial charge in [0.25, 0.3) is 0 Å². The van der Waals surface area contributed by atoms with Gasteiger partial charge in [-0.15, -0.1) is 0 Å². The largest absolute Gasteiger partial charge is 0.491 e. The van der Waals surface area contributed by atoms with Gasteiger partial charge in [-0.2, -0.15) is 5.10 Å². The number of aromatic amines is 1. The van der Waals surface area contributed by atoms with Crippen LogP contribution in [0, 0.1) is 0 Å². The van der Waals surface area contributed by atoms with Crippen molar-refractivity contribution in [2.24, 2.45) is 5.73 Å². The van der Waals surface area contributed by atoms with Crippen LogP contribution in [0.4, 0.5) is 33.4 Å². The summed E-state index contributed by atoms with van der Waals surface area (Å²) in [7, 11) is 0. The van der Waals surface area contributed by atoms with Crippen LogP contribution in [0.5, 0.6) is 5.75 Å². The van der Waals surface area contributed by atoms with Crippen LogP contribution in [0.3, 0.4) is 0 Å². The van der Waals surface area contributed by atoms with Crippen LogP contribution in [0.2, 0.25) is 0 Å². The predicted molar refractivity (Wildman–Crippen MR) is 139 cm³/mol. The maximum Gasteiger partial charge on any atom is 0.324 e. The lowest BCUT2D eigenvalue weighted by Gasteiger charge is -2.19. The number of hydrogen-bond donors (Lipinski definition) is 5. The number of H-pyrrole nitrogens is 1. The predicted octanol–water partition coefficient (Wildman–Crippen LogP) is 4.23. The van der Waals surface area contributed by atoms with Gasteiger partial charge in [-0.05, 0) is 36.4 Å². The molecule has 10 nitrogen and oxygen atoms in total. The van der Waals surface area contributed by atoms with Gasteiger partial charge < -0.3 is 30.7 Å². The number of nitrogens with two attached hydrogens (primary N) is 1. The molecule has 0 saturated carbocycles. The molecule has 1 aliphatic heterocycles. The number of amides is 2. The van der Waals surface area contributed by atoms with Crippen LogP contribution >= 0.6 is 0 Å². The fraction of sp³-hybridized carbons (Fsp3) is 0.360. The SMILES string of the molecule is CC(C)(C)c1cc(NC(=O)Nc2ccc(N3CNc4cc(OCCOCCN)ccc43)cc2)n[nH]1. The lowest BCUT2D eigenvalue weighted by atomic mass is 9.92. The number of ether oxygens (including phenoxy) is 2. The third-order valence-corrected chi connectivity index (χ3v) is 5.51. The van der Waals surface area contributed by atoms with E-state index in [0.717, 1.165) is 28.5 Å². The Hall–Kier alpha value is -3.76. The smallest absolute Gasteiger partial charge is 0.324 e. The minimum Gasteiger partial charge on any atom is -0.491 e. The molecular formula is C25H33N7O3. The van der Waals surface area contributed by atoms with Crippen LogP contribution in [0.15, 0.2) is 48.5 Å². The van der Waals surface area contributed by atoms with Crippen molar-refractivity contribution in [2.45, 2.75) is 26.2 Å². The van der Waals surface area contributed by atoms with Crippen molar-refractivity contribution in [3.05, 3.63) is 54.2 Å². The first-order valence-electron chi connectivity index (χ1n) is 11.6. The second kappa shape index (κ2) is 10.7. The molecule has 2 amide bonds. The number of fused-ring (bicyclic) bond motifs is 1. The van der Waals surface area contributed by atoms with E-state index in [-0.39, 0.29) is 11.4 Å². The maximum absolute atomic E-state index is 12.4. The number of rotatable bonds is 9. The summed E-state index contributed by atoms with van der Waals surface area (Å²) in [6.45, 7) is 8.89. The van der Waals surface area contributed by atoms with Gasteiger partial charge in [0.1, 0.15) is 12.4 Å². The standard InChI is InChI=1S/C25H33N7O3/c1-25(2,3)22-15-23(31-30-22)29-24(33)28-17-4-6-18(7-5-17)32-16-27-20-14-19(8-9-21(20)32)35-13-12-34-11-10-26/h4-9,14-15,27H,10-13,16,26H2,1-3H3,(H3,28,29,30,31,33). The van der Waals surface area contributed by atoms with Gasteiger partial charge in [0.15, 0.2) is 5.82 Å². The quantitative estimate of drug-likeness (QED) is 0.291. The minimum atomic E-state index is -0.348. The second-order valence-corrected chi connectivity index (χ2v) is 9.23. The Morgan fingerprint density at radius 1 is 1.09 bits per heavy atom. The van der Waals surface area contributed by atoms with E-state index >= 15 is 0 Å². The van der Waals surface area contributed by atoms with Crippen molar-refractivity contribution >= 4 is 34.6 Å². The van der Waals surface area contributed by atoms with E-state index in [1.54, 1.807) is 0 Å². The molecule has 2 aromatic carbocycles. The monoisotopic (exact) mass is 479 g/mol. The van der Waals surface area contributed by atoms with Crippen molar-refractivity contribution in [1.29, 1.82) is 0 Å². The highest BCUT2D eigenvalue weighted by atomic mass is 16.5. The average molecular weight is 480 g/mol. The molecule has 186 valence electrons. The number of nitrogens with zero attached hydrogens (tertiary/aromatic N) is 2. The van der Waals surface area contributed by atoms with Crippen molar-refractivity contribution in [3.8, 4) is 5.75 Å². The fourth-order valence-electron chi connectivity index (χ4n) is 3.64. The molecule has 1 aliphatic rings. The van der Waals surface area contributed by atoms with E-state index < -0.39 is 0 Å². The maximum atomic E-state index is 12.4. The number of anilines is 5. The topological polar surface area (TPSA) is 130 Å². The lowest BCUT2D eigenvalue weighted by Crippen LogP contribution is -2.20. The van der Waals surface area contributed by atoms with Crippen molar-refractivity contribution in [3.63, 3.8) is 0 Å². The summed E-state index contributed by atoms with van der Waals surface area (Å²) < 4.78 is 11.1. The van der Waals surface area contributed by atoms with Gasteiger partial charge in [0.2, 0.25) is 0 Å². The summed E-state index contributed by atoms with van der Waals surface area (Å²) in [6, 6.07) is 15.1. The summed E-state index contributed by atoms with van der Waals surface area (Å²) in [5, 5.41) is 16.1. The van der Waals surface area contributed by atoms with Gasteiger partial charge in [0, 0.05) is 41.2 Å². The second-order valence-electron chi connectivity index (χ2n) is 9.23. The highest BCUT2D eigenvalue weighted by Crippen LogP contribution is 2.39. The van der Waals surface area contributed by atoms with Gasteiger partial charge in [-0.25, -0.2) is 4.79 Å². The average Bonchev–Trinajstić information content (AvgIpc) is 3.46. The first-order chi connectivity index (χ1) is 16.8. The first kappa shape index (κ1) is 24.4. The molecule has 4 rings (SSSR count). The van der Waals surface area contributed by atoms with Crippen molar-refractivity contribution < 1.29 is 14.3 Å². The van der Waals surface area contributed by atoms with Crippen molar-refractivity contribution in [1.82, 2.24) is 10.2 Å². The molecule has 0 fully saturated rings. The number of carbonyl (C=O) groups excluding carboxylic acids is 1. The number of urea groups is 1. The number of hydrogen-bond acceptors (Lipinski definition) is 7. The molecule has 1 aromatic heterocycles. The molecule has 0 aliphatic carbocycles. The highest BCUT2D eigenvalue weighted by Gasteiger charge is 2.21. The summed E-state index contributed by atoms with van der Waals surface area (Å²) >= 11 is 0. The molecular weight excluding hydrogens is 446 g/mol. The van der Waals surface area contributed by atoms with E-state index in [4.69, 9.17) is 15.2 Å². The highest BCUT2D eigenvalue weighted by molar-refractivity contribution is 5.99. The number of nitrogens with one attached hydrogen (secondary N) is 4. The zero-order chi connectivity index (χ0) is 24.8. The molecule has 6 N–H and O–H groups in total. The summed E-state index contributed by atoms with van der Waals surface area (Å²) in [5.41, 5.74) is 10.0. The van der Waals surface area contributed by atoms with Crippen LogP contribution in [0.25, 0.3) is 0 Å². The zero-order valence-electron chi connectivity index (χ0n) is 20.4. The molecule has 10 heteroatoms. The fourth-order valence-corrected chi connectivity index (χ4v) is 3.64. The van der Waals surface area contributed by atoms with E-state index in [2.05, 4.69) is 51.8 Å². The van der Waals surface area contributed by atoms with Crippen LogP contribution in [-0.4, -0.2) is 49.3 Å². The minimum absolute atomic E-state index is 0.0731. The lowest BCUT2D eigenvalue weighted by molar-refractivity contribution is 0.106.